The van der Waals surface area contributed by atoms with Crippen LogP contribution in [0.25, 0.3) is 11.8 Å². The van der Waals surface area contributed by atoms with Crippen LogP contribution >= 0.6 is 0 Å². The highest BCUT2D eigenvalue weighted by atomic mass is 16.6. The van der Waals surface area contributed by atoms with Crippen LogP contribution in [0.5, 0.6) is 0 Å². The fourth-order valence-corrected chi connectivity index (χ4v) is 4.30. The van der Waals surface area contributed by atoms with E-state index in [0.29, 0.717) is 11.3 Å². The number of nitrogens with zero attached hydrogens (tertiary/aromatic N) is 1. The molecule has 0 saturated heterocycles. The van der Waals surface area contributed by atoms with Crippen molar-refractivity contribution < 1.29 is 24.2 Å². The lowest BCUT2D eigenvalue weighted by atomic mass is 9.80. The van der Waals surface area contributed by atoms with Gasteiger partial charge in [-0.05, 0) is 48.7 Å². The lowest BCUT2D eigenvalue weighted by Gasteiger charge is -2.45. The zero-order valence-corrected chi connectivity index (χ0v) is 19.2. The molecular weight excluding hydrogens is 430 g/mol. The second-order valence-electron chi connectivity index (χ2n) is 7.84. The van der Waals surface area contributed by atoms with Gasteiger partial charge < -0.3 is 19.5 Å². The zero-order valence-electron chi connectivity index (χ0n) is 19.2. The standard InChI is InChI=1S/C28H27NO5/c1-3-33-26(30)28(32,27(31)34-4-2)25-23-18-12-11-15-21(23)19-24(20-13-7-5-8-14-20)29(25)22-16-9-6-10-17-22/h5-19,25,32H,3-4H2,1-2H3. The van der Waals surface area contributed by atoms with Crippen LogP contribution in [0.1, 0.15) is 36.6 Å². The van der Waals surface area contributed by atoms with Gasteiger partial charge in [0.1, 0.15) is 6.04 Å². The summed E-state index contributed by atoms with van der Waals surface area (Å²) in [5, 5.41) is 12.0. The highest BCUT2D eigenvalue weighted by molar-refractivity contribution is 6.07. The number of ether oxygens (including phenoxy) is 2. The molecule has 0 aromatic heterocycles. The second kappa shape index (κ2) is 9.93. The van der Waals surface area contributed by atoms with E-state index in [2.05, 4.69) is 0 Å². The van der Waals surface area contributed by atoms with Crippen LogP contribution in [-0.4, -0.2) is 35.9 Å². The van der Waals surface area contributed by atoms with Gasteiger partial charge >= 0.3 is 11.9 Å². The van der Waals surface area contributed by atoms with E-state index in [1.165, 1.54) is 0 Å². The number of aliphatic hydroxyl groups is 1. The first-order chi connectivity index (χ1) is 16.5. The molecule has 1 N–H and O–H groups in total. The lowest BCUT2D eigenvalue weighted by Crippen LogP contribution is -2.59. The van der Waals surface area contributed by atoms with E-state index in [1.54, 1.807) is 19.9 Å². The second-order valence-corrected chi connectivity index (χ2v) is 7.84. The Hall–Kier alpha value is -3.90. The molecule has 1 aliphatic heterocycles. The fourth-order valence-electron chi connectivity index (χ4n) is 4.30. The average molecular weight is 458 g/mol. The summed E-state index contributed by atoms with van der Waals surface area (Å²) in [5.74, 6) is -2.10. The summed E-state index contributed by atoms with van der Waals surface area (Å²) < 4.78 is 10.5. The first kappa shape index (κ1) is 23.3. The van der Waals surface area contributed by atoms with Crippen LogP contribution in [0.3, 0.4) is 0 Å². The Labute approximate surface area is 199 Å². The van der Waals surface area contributed by atoms with Crippen LogP contribution in [-0.2, 0) is 19.1 Å². The Morgan fingerprint density at radius 2 is 1.35 bits per heavy atom. The molecule has 4 rings (SSSR count). The van der Waals surface area contributed by atoms with Crippen LogP contribution in [0.4, 0.5) is 5.69 Å². The van der Waals surface area contributed by atoms with Gasteiger partial charge in [-0.3, -0.25) is 0 Å². The molecule has 174 valence electrons. The number of rotatable bonds is 7. The van der Waals surface area contributed by atoms with Gasteiger partial charge in [0, 0.05) is 11.4 Å². The predicted octanol–water partition coefficient (Wildman–Crippen LogP) is 4.60. The van der Waals surface area contributed by atoms with Gasteiger partial charge in [-0.1, -0.05) is 72.8 Å². The fraction of sp³-hybridized carbons (Fsp3) is 0.214. The number of carbonyl (C=O) groups excluding carboxylic acids is 2. The molecule has 0 saturated carbocycles. The number of hydrogen-bond acceptors (Lipinski definition) is 6. The van der Waals surface area contributed by atoms with E-state index in [-0.39, 0.29) is 13.2 Å². The van der Waals surface area contributed by atoms with Gasteiger partial charge in [0.2, 0.25) is 0 Å². The third kappa shape index (κ3) is 4.08. The molecular formula is C28H27NO5. The number of fused-ring (bicyclic) bond motifs is 1. The van der Waals surface area contributed by atoms with Crippen molar-refractivity contribution in [3.8, 4) is 0 Å². The Balaban J connectivity index is 2.04. The van der Waals surface area contributed by atoms with Crippen molar-refractivity contribution in [3.63, 3.8) is 0 Å². The molecule has 0 radical (unpaired) electrons. The van der Waals surface area contributed by atoms with E-state index >= 15 is 0 Å². The van der Waals surface area contributed by atoms with Crippen molar-refractivity contribution in [2.75, 3.05) is 18.1 Å². The predicted molar refractivity (Wildman–Crippen MR) is 131 cm³/mol. The molecule has 1 unspecified atom stereocenters. The summed E-state index contributed by atoms with van der Waals surface area (Å²) in [6.45, 7) is 3.26. The molecule has 3 aromatic rings. The maximum Gasteiger partial charge on any atom is 0.352 e. The molecule has 0 amide bonds. The lowest BCUT2D eigenvalue weighted by molar-refractivity contribution is -0.186. The molecule has 34 heavy (non-hydrogen) atoms. The maximum atomic E-state index is 13.3. The molecule has 6 nitrogen and oxygen atoms in total. The Kier molecular flexibility index (Phi) is 6.80. The molecule has 0 spiro atoms. The summed E-state index contributed by atoms with van der Waals surface area (Å²) in [6, 6.07) is 25.2. The normalized spacial score (nSPS) is 15.2. The van der Waals surface area contributed by atoms with Crippen LogP contribution in [0.15, 0.2) is 84.9 Å². The van der Waals surface area contributed by atoms with Crippen LogP contribution in [0.2, 0.25) is 0 Å². The summed E-state index contributed by atoms with van der Waals surface area (Å²) in [7, 11) is 0. The van der Waals surface area contributed by atoms with Crippen molar-refractivity contribution in [1.82, 2.24) is 0 Å². The average Bonchev–Trinajstić information content (AvgIpc) is 2.88. The third-order valence-corrected chi connectivity index (χ3v) is 5.77. The highest BCUT2D eigenvalue weighted by Crippen LogP contribution is 2.47. The summed E-state index contributed by atoms with van der Waals surface area (Å²) in [6.07, 6.45) is 1.99. The number of carbonyl (C=O) groups is 2. The minimum absolute atomic E-state index is 0.00162. The molecule has 1 heterocycles. The minimum atomic E-state index is -2.62. The van der Waals surface area contributed by atoms with Gasteiger partial charge in [-0.15, -0.1) is 0 Å². The largest absolute Gasteiger partial charge is 0.463 e. The van der Waals surface area contributed by atoms with E-state index in [0.717, 1.165) is 16.8 Å². The topological polar surface area (TPSA) is 76.1 Å². The SMILES string of the molecule is CCOC(=O)C(O)(C(=O)OCC)C1c2ccccc2C=C(c2ccccc2)N1c1ccccc1. The zero-order chi connectivity index (χ0) is 24.1. The number of anilines is 1. The van der Waals surface area contributed by atoms with Crippen LogP contribution < -0.4 is 4.90 Å². The molecule has 0 bridgehead atoms. The molecule has 1 aliphatic rings. The molecule has 3 aromatic carbocycles. The van der Waals surface area contributed by atoms with Gasteiger partial charge in [0.05, 0.1) is 13.2 Å². The van der Waals surface area contributed by atoms with Crippen molar-refractivity contribution in [3.05, 3.63) is 102 Å². The minimum Gasteiger partial charge on any atom is -0.463 e. The van der Waals surface area contributed by atoms with E-state index < -0.39 is 23.6 Å². The maximum absolute atomic E-state index is 13.3. The number of esters is 2. The van der Waals surface area contributed by atoms with Crippen molar-refractivity contribution in [2.24, 2.45) is 0 Å². The molecule has 0 fully saturated rings. The number of benzene rings is 3. The Morgan fingerprint density at radius 1 is 0.824 bits per heavy atom. The number of hydrogen-bond donors (Lipinski definition) is 1. The Morgan fingerprint density at radius 3 is 1.94 bits per heavy atom. The smallest absolute Gasteiger partial charge is 0.352 e. The molecule has 0 aliphatic carbocycles. The summed E-state index contributed by atoms with van der Waals surface area (Å²) in [5.41, 5.74) is 1.06. The number of para-hydroxylation sites is 1. The summed E-state index contributed by atoms with van der Waals surface area (Å²) in [4.78, 5) is 28.4. The Bertz CT molecular complexity index is 1170. The van der Waals surface area contributed by atoms with Gasteiger partial charge in [-0.25, -0.2) is 9.59 Å². The van der Waals surface area contributed by atoms with Gasteiger partial charge in [0.25, 0.3) is 5.60 Å². The first-order valence-corrected chi connectivity index (χ1v) is 11.3. The van der Waals surface area contributed by atoms with Gasteiger partial charge in [0.15, 0.2) is 0 Å². The molecule has 1 atom stereocenters. The monoisotopic (exact) mass is 457 g/mol. The van der Waals surface area contributed by atoms with Crippen LogP contribution in [0, 0.1) is 0 Å². The highest BCUT2D eigenvalue weighted by Gasteiger charge is 2.58. The van der Waals surface area contributed by atoms with Crippen molar-refractivity contribution in [2.45, 2.75) is 25.5 Å². The quantitative estimate of drug-likeness (QED) is 0.413. The van der Waals surface area contributed by atoms with Crippen molar-refractivity contribution in [1.29, 1.82) is 0 Å². The van der Waals surface area contributed by atoms with E-state index in [4.69, 9.17) is 9.47 Å². The third-order valence-electron chi connectivity index (χ3n) is 5.77. The van der Waals surface area contributed by atoms with E-state index in [1.807, 2.05) is 89.8 Å². The van der Waals surface area contributed by atoms with E-state index in [9.17, 15) is 14.7 Å². The van der Waals surface area contributed by atoms with Crippen molar-refractivity contribution >= 4 is 29.4 Å². The van der Waals surface area contributed by atoms with Gasteiger partial charge in [-0.2, -0.15) is 0 Å². The molecule has 6 heteroatoms. The summed E-state index contributed by atoms with van der Waals surface area (Å²) >= 11 is 0. The first-order valence-electron chi connectivity index (χ1n) is 11.3.